The zero-order valence-corrected chi connectivity index (χ0v) is 12.2. The van der Waals surface area contributed by atoms with E-state index in [4.69, 9.17) is 11.6 Å². The van der Waals surface area contributed by atoms with E-state index in [1.807, 2.05) is 0 Å². The van der Waals surface area contributed by atoms with Crippen LogP contribution in [-0.4, -0.2) is 14.9 Å². The summed E-state index contributed by atoms with van der Waals surface area (Å²) in [5, 5.41) is 3.16. The molecule has 1 amide bonds. The monoisotopic (exact) mass is 367 g/mol. The van der Waals surface area contributed by atoms with Gasteiger partial charge in [-0.2, -0.15) is 0 Å². The Hall–Kier alpha value is -0.390. The molecule has 0 saturated heterocycles. The lowest BCUT2D eigenvalue weighted by Gasteiger charge is -2.16. The summed E-state index contributed by atoms with van der Waals surface area (Å²) in [6.07, 6.45) is 0. The molecule has 0 bridgehead atoms. The lowest BCUT2D eigenvalue weighted by atomic mass is 10.2. The quantitative estimate of drug-likeness (QED) is 0.656. The molecule has 1 aromatic rings. The Kier molecular flexibility index (Phi) is 4.52. The summed E-state index contributed by atoms with van der Waals surface area (Å²) in [6.45, 7) is 1.31. The SMILES string of the molecule is CC(=O)C(Br)(Br)C(=O)Nc1ccc(Cl)cc1. The second kappa shape index (κ2) is 5.29. The smallest absolute Gasteiger partial charge is 0.259 e. The standard InChI is InChI=1S/C10H8Br2ClNO2/c1-6(15)10(11,12)9(16)14-8-4-2-7(13)3-5-8/h2-5H,1H3,(H,14,16). The average molecular weight is 369 g/mol. The van der Waals surface area contributed by atoms with E-state index in [-0.39, 0.29) is 5.78 Å². The fraction of sp³-hybridized carbons (Fsp3) is 0.200. The highest BCUT2D eigenvalue weighted by molar-refractivity contribution is 9.26. The summed E-state index contributed by atoms with van der Waals surface area (Å²) < 4.78 is -1.39. The molecule has 0 atom stereocenters. The first-order chi connectivity index (χ1) is 7.34. The third kappa shape index (κ3) is 3.30. The van der Waals surface area contributed by atoms with E-state index < -0.39 is 9.14 Å². The lowest BCUT2D eigenvalue weighted by molar-refractivity contribution is -0.124. The zero-order valence-electron chi connectivity index (χ0n) is 8.26. The number of carbonyl (C=O) groups excluding carboxylic acids is 2. The summed E-state index contributed by atoms with van der Waals surface area (Å²) in [7, 11) is 0. The molecule has 0 aliphatic heterocycles. The highest BCUT2D eigenvalue weighted by Crippen LogP contribution is 2.29. The molecule has 0 spiro atoms. The van der Waals surface area contributed by atoms with E-state index in [0.29, 0.717) is 10.7 Å². The van der Waals surface area contributed by atoms with E-state index in [0.717, 1.165) is 0 Å². The fourth-order valence-electron chi connectivity index (χ4n) is 0.903. The molecule has 0 heterocycles. The van der Waals surface area contributed by atoms with Gasteiger partial charge >= 0.3 is 0 Å². The molecular weight excluding hydrogens is 361 g/mol. The molecule has 1 N–H and O–H groups in total. The van der Waals surface area contributed by atoms with Crippen LogP contribution >= 0.6 is 43.5 Å². The van der Waals surface area contributed by atoms with Crippen LogP contribution < -0.4 is 5.32 Å². The number of anilines is 1. The van der Waals surface area contributed by atoms with Crippen LogP contribution in [0.2, 0.25) is 5.02 Å². The molecule has 0 unspecified atom stereocenters. The van der Waals surface area contributed by atoms with Crippen LogP contribution in [0.3, 0.4) is 0 Å². The second-order valence-corrected chi connectivity index (χ2v) is 6.97. The van der Waals surface area contributed by atoms with Gasteiger partial charge in [-0.05, 0) is 31.2 Å². The van der Waals surface area contributed by atoms with Gasteiger partial charge < -0.3 is 5.32 Å². The normalized spacial score (nSPS) is 11.0. The van der Waals surface area contributed by atoms with E-state index in [1.165, 1.54) is 6.92 Å². The van der Waals surface area contributed by atoms with E-state index in [2.05, 4.69) is 37.2 Å². The highest BCUT2D eigenvalue weighted by Gasteiger charge is 2.37. The second-order valence-electron chi connectivity index (χ2n) is 3.09. The molecule has 0 saturated carbocycles. The van der Waals surface area contributed by atoms with Gasteiger partial charge in [-0.1, -0.05) is 43.5 Å². The molecule has 0 aliphatic carbocycles. The van der Waals surface area contributed by atoms with Crippen molar-refractivity contribution < 1.29 is 9.59 Å². The maximum atomic E-state index is 11.7. The molecule has 1 rings (SSSR count). The van der Waals surface area contributed by atoms with Crippen molar-refractivity contribution in [2.24, 2.45) is 0 Å². The molecule has 0 fully saturated rings. The van der Waals surface area contributed by atoms with Crippen molar-refractivity contribution in [1.29, 1.82) is 0 Å². The summed E-state index contributed by atoms with van der Waals surface area (Å²) >= 11 is 11.7. The van der Waals surface area contributed by atoms with Crippen molar-refractivity contribution in [3.05, 3.63) is 29.3 Å². The Labute approximate surface area is 115 Å². The van der Waals surface area contributed by atoms with Crippen LogP contribution in [0.4, 0.5) is 5.69 Å². The van der Waals surface area contributed by atoms with Gasteiger partial charge in [-0.15, -0.1) is 0 Å². The molecular formula is C10H8Br2ClNO2. The minimum atomic E-state index is -1.39. The van der Waals surface area contributed by atoms with Gasteiger partial charge in [-0.3, -0.25) is 9.59 Å². The van der Waals surface area contributed by atoms with Crippen LogP contribution in [0.5, 0.6) is 0 Å². The number of Topliss-reactive ketones (excluding diaryl/α,β-unsaturated/α-hetero) is 1. The number of rotatable bonds is 3. The van der Waals surface area contributed by atoms with Gasteiger partial charge in [-0.25, -0.2) is 0 Å². The Morgan fingerprint density at radius 3 is 2.19 bits per heavy atom. The molecule has 0 aromatic heterocycles. The van der Waals surface area contributed by atoms with Gasteiger partial charge in [0.2, 0.25) is 3.23 Å². The number of nitrogens with one attached hydrogen (secondary N) is 1. The Balaban J connectivity index is 2.79. The predicted molar refractivity (Wildman–Crippen MR) is 71.3 cm³/mol. The maximum absolute atomic E-state index is 11.7. The van der Waals surface area contributed by atoms with Crippen molar-refractivity contribution >= 4 is 60.8 Å². The van der Waals surface area contributed by atoms with Crippen LogP contribution in [-0.2, 0) is 9.59 Å². The number of hydrogen-bond donors (Lipinski definition) is 1. The summed E-state index contributed by atoms with van der Waals surface area (Å²) in [5.74, 6) is -0.818. The maximum Gasteiger partial charge on any atom is 0.259 e. The molecule has 1 aromatic carbocycles. The fourth-order valence-corrected chi connectivity index (χ4v) is 1.23. The van der Waals surface area contributed by atoms with Crippen LogP contribution in [0.25, 0.3) is 0 Å². The zero-order chi connectivity index (χ0) is 12.3. The number of ketones is 1. The van der Waals surface area contributed by atoms with Gasteiger partial charge in [0, 0.05) is 10.7 Å². The largest absolute Gasteiger partial charge is 0.324 e. The van der Waals surface area contributed by atoms with Gasteiger partial charge in [0.25, 0.3) is 5.91 Å². The molecule has 86 valence electrons. The molecule has 0 radical (unpaired) electrons. The third-order valence-electron chi connectivity index (χ3n) is 1.83. The minimum absolute atomic E-state index is 0.334. The predicted octanol–water partition coefficient (Wildman–Crippen LogP) is 3.35. The Morgan fingerprint density at radius 1 is 1.25 bits per heavy atom. The topological polar surface area (TPSA) is 46.2 Å². The van der Waals surface area contributed by atoms with Gasteiger partial charge in [0.15, 0.2) is 5.78 Å². The van der Waals surface area contributed by atoms with E-state index in [1.54, 1.807) is 24.3 Å². The summed E-state index contributed by atoms with van der Waals surface area (Å²) in [6, 6.07) is 6.59. The number of halogens is 3. The van der Waals surface area contributed by atoms with Gasteiger partial charge in [0.1, 0.15) is 0 Å². The van der Waals surface area contributed by atoms with Crippen molar-refractivity contribution in [3.8, 4) is 0 Å². The van der Waals surface area contributed by atoms with Crippen LogP contribution in [0.1, 0.15) is 6.92 Å². The number of alkyl halides is 2. The molecule has 3 nitrogen and oxygen atoms in total. The van der Waals surface area contributed by atoms with Crippen molar-refractivity contribution in [2.75, 3.05) is 5.32 Å². The first-order valence-electron chi connectivity index (χ1n) is 4.30. The Morgan fingerprint density at radius 2 is 1.75 bits per heavy atom. The van der Waals surface area contributed by atoms with Crippen molar-refractivity contribution in [3.63, 3.8) is 0 Å². The summed E-state index contributed by atoms with van der Waals surface area (Å²) in [4.78, 5) is 22.9. The number of carbonyl (C=O) groups is 2. The minimum Gasteiger partial charge on any atom is -0.324 e. The molecule has 6 heteroatoms. The van der Waals surface area contributed by atoms with Crippen molar-refractivity contribution in [2.45, 2.75) is 10.2 Å². The number of benzene rings is 1. The lowest BCUT2D eigenvalue weighted by Crippen LogP contribution is -2.37. The summed E-state index contributed by atoms with van der Waals surface area (Å²) in [5.41, 5.74) is 0.568. The van der Waals surface area contributed by atoms with Crippen molar-refractivity contribution in [1.82, 2.24) is 0 Å². The first kappa shape index (κ1) is 13.7. The van der Waals surface area contributed by atoms with Gasteiger partial charge in [0.05, 0.1) is 0 Å². The Bertz CT molecular complexity index is 417. The highest BCUT2D eigenvalue weighted by atomic mass is 79.9. The first-order valence-corrected chi connectivity index (χ1v) is 6.26. The number of amides is 1. The van der Waals surface area contributed by atoms with Crippen LogP contribution in [0.15, 0.2) is 24.3 Å². The van der Waals surface area contributed by atoms with Crippen LogP contribution in [0, 0.1) is 0 Å². The van der Waals surface area contributed by atoms with E-state index >= 15 is 0 Å². The number of hydrogen-bond acceptors (Lipinski definition) is 2. The molecule has 0 aliphatic rings. The molecule has 16 heavy (non-hydrogen) atoms. The third-order valence-corrected chi connectivity index (χ3v) is 3.92. The average Bonchev–Trinajstić information content (AvgIpc) is 2.21. The van der Waals surface area contributed by atoms with E-state index in [9.17, 15) is 9.59 Å².